The van der Waals surface area contributed by atoms with Gasteiger partial charge in [-0.05, 0) is 18.8 Å². The van der Waals surface area contributed by atoms with Gasteiger partial charge in [-0.25, -0.2) is 9.97 Å². The van der Waals surface area contributed by atoms with Crippen LogP contribution in [0.5, 0.6) is 0 Å². The number of hydrogen-bond acceptors (Lipinski definition) is 5. The summed E-state index contributed by atoms with van der Waals surface area (Å²) in [6, 6.07) is 0. The fourth-order valence-corrected chi connectivity index (χ4v) is 1.95. The van der Waals surface area contributed by atoms with Crippen molar-refractivity contribution in [3.63, 3.8) is 0 Å². The molecule has 0 amide bonds. The van der Waals surface area contributed by atoms with E-state index < -0.39 is 0 Å². The summed E-state index contributed by atoms with van der Waals surface area (Å²) >= 11 is 0. The van der Waals surface area contributed by atoms with Gasteiger partial charge in [0, 0.05) is 13.6 Å². The number of anilines is 1. The monoisotopic (exact) mass is 233 g/mol. The van der Waals surface area contributed by atoms with E-state index in [0.29, 0.717) is 12.5 Å². The van der Waals surface area contributed by atoms with Crippen molar-refractivity contribution in [2.45, 2.75) is 18.9 Å². The largest absolute Gasteiger partial charge is 0.391 e. The van der Waals surface area contributed by atoms with Crippen LogP contribution < -0.4 is 5.32 Å². The number of nitrogens with zero attached hydrogens (tertiary/aromatic N) is 4. The highest BCUT2D eigenvalue weighted by atomic mass is 16.3. The summed E-state index contributed by atoms with van der Waals surface area (Å²) in [5.74, 6) is 1.21. The van der Waals surface area contributed by atoms with Gasteiger partial charge in [0.25, 0.3) is 0 Å². The van der Waals surface area contributed by atoms with Gasteiger partial charge in [0.15, 0.2) is 5.65 Å². The summed E-state index contributed by atoms with van der Waals surface area (Å²) < 4.78 is 1.71. The van der Waals surface area contributed by atoms with E-state index in [4.69, 9.17) is 0 Å². The van der Waals surface area contributed by atoms with Crippen LogP contribution in [0.4, 0.5) is 5.82 Å². The van der Waals surface area contributed by atoms with Gasteiger partial charge in [0.2, 0.25) is 0 Å². The maximum absolute atomic E-state index is 9.80. The first kappa shape index (κ1) is 10.5. The van der Waals surface area contributed by atoms with Gasteiger partial charge >= 0.3 is 0 Å². The average molecular weight is 233 g/mol. The van der Waals surface area contributed by atoms with Gasteiger partial charge in [-0.3, -0.25) is 4.68 Å². The van der Waals surface area contributed by atoms with Crippen LogP contribution in [0.3, 0.4) is 0 Å². The van der Waals surface area contributed by atoms with Crippen molar-refractivity contribution in [1.82, 2.24) is 19.7 Å². The lowest BCUT2D eigenvalue weighted by molar-refractivity contribution is 0.164. The Bertz CT molecular complexity index is 534. The molecular formula is C11H15N5O. The Kier molecular flexibility index (Phi) is 2.44. The lowest BCUT2D eigenvalue weighted by Gasteiger charge is -2.11. The molecule has 1 aliphatic carbocycles. The first-order valence-corrected chi connectivity index (χ1v) is 5.80. The molecule has 1 atom stereocenters. The summed E-state index contributed by atoms with van der Waals surface area (Å²) in [5.41, 5.74) is 0.795. The molecule has 6 nitrogen and oxygen atoms in total. The van der Waals surface area contributed by atoms with Crippen molar-refractivity contribution in [2.24, 2.45) is 13.0 Å². The van der Waals surface area contributed by atoms with Crippen molar-refractivity contribution in [3.05, 3.63) is 12.5 Å². The Labute approximate surface area is 98.7 Å². The number of rotatable bonds is 4. The van der Waals surface area contributed by atoms with E-state index in [-0.39, 0.29) is 6.10 Å². The van der Waals surface area contributed by atoms with Crippen molar-refractivity contribution >= 4 is 16.9 Å². The molecule has 1 fully saturated rings. The summed E-state index contributed by atoms with van der Waals surface area (Å²) in [6.45, 7) is 0.533. The first-order chi connectivity index (χ1) is 8.25. The van der Waals surface area contributed by atoms with E-state index in [0.717, 1.165) is 29.7 Å². The molecule has 2 aromatic rings. The number of hydrogen-bond donors (Lipinski definition) is 2. The highest BCUT2D eigenvalue weighted by molar-refractivity contribution is 5.85. The average Bonchev–Trinajstić information content (AvgIpc) is 3.12. The molecule has 1 saturated carbocycles. The van der Waals surface area contributed by atoms with E-state index in [1.807, 2.05) is 7.05 Å². The van der Waals surface area contributed by atoms with Crippen LogP contribution in [0.2, 0.25) is 0 Å². The maximum Gasteiger partial charge on any atom is 0.163 e. The van der Waals surface area contributed by atoms with Crippen LogP contribution in [0.1, 0.15) is 12.8 Å². The summed E-state index contributed by atoms with van der Waals surface area (Å²) in [4.78, 5) is 8.35. The van der Waals surface area contributed by atoms with Crippen LogP contribution in [-0.4, -0.2) is 37.5 Å². The molecule has 1 unspecified atom stereocenters. The second-order valence-electron chi connectivity index (χ2n) is 4.51. The van der Waals surface area contributed by atoms with Gasteiger partial charge in [-0.2, -0.15) is 5.10 Å². The van der Waals surface area contributed by atoms with Crippen molar-refractivity contribution < 1.29 is 5.11 Å². The zero-order chi connectivity index (χ0) is 11.8. The molecule has 0 spiro atoms. The third-order valence-electron chi connectivity index (χ3n) is 3.17. The van der Waals surface area contributed by atoms with Gasteiger partial charge in [-0.1, -0.05) is 0 Å². The SMILES string of the molecule is Cn1ncc2c(NCC(O)C3CC3)ncnc21. The number of aromatic nitrogens is 4. The van der Waals surface area contributed by atoms with E-state index in [2.05, 4.69) is 20.4 Å². The number of aliphatic hydroxyl groups is 1. The topological polar surface area (TPSA) is 75.9 Å². The van der Waals surface area contributed by atoms with Crippen LogP contribution in [0, 0.1) is 5.92 Å². The first-order valence-electron chi connectivity index (χ1n) is 5.80. The second-order valence-corrected chi connectivity index (χ2v) is 4.51. The number of aliphatic hydroxyl groups excluding tert-OH is 1. The molecule has 2 aromatic heterocycles. The molecule has 0 saturated heterocycles. The Morgan fingerprint density at radius 1 is 1.53 bits per heavy atom. The predicted molar refractivity (Wildman–Crippen MR) is 63.5 cm³/mol. The number of nitrogens with one attached hydrogen (secondary N) is 1. The summed E-state index contributed by atoms with van der Waals surface area (Å²) in [6.07, 6.45) is 5.23. The Hall–Kier alpha value is -1.69. The molecule has 0 bridgehead atoms. The van der Waals surface area contributed by atoms with Crippen LogP contribution in [0.25, 0.3) is 11.0 Å². The number of fused-ring (bicyclic) bond motifs is 1. The zero-order valence-corrected chi connectivity index (χ0v) is 9.67. The van der Waals surface area contributed by atoms with Crippen LogP contribution in [-0.2, 0) is 7.05 Å². The fourth-order valence-electron chi connectivity index (χ4n) is 1.95. The Morgan fingerprint density at radius 3 is 3.12 bits per heavy atom. The molecule has 3 rings (SSSR count). The smallest absolute Gasteiger partial charge is 0.163 e. The standard InChI is InChI=1S/C11H15N5O/c1-16-11-8(4-15-16)10(13-6-14-11)12-5-9(17)7-2-3-7/h4,6-7,9,17H,2-3,5H2,1H3,(H,12,13,14). The second kappa shape index (κ2) is 3.96. The third-order valence-corrected chi connectivity index (χ3v) is 3.17. The highest BCUT2D eigenvalue weighted by Gasteiger charge is 2.29. The molecular weight excluding hydrogens is 218 g/mol. The molecule has 90 valence electrons. The van der Waals surface area contributed by atoms with Gasteiger partial charge in [0.05, 0.1) is 17.7 Å². The lowest BCUT2D eigenvalue weighted by Crippen LogP contribution is -2.21. The molecule has 6 heteroatoms. The molecule has 0 aliphatic heterocycles. The fraction of sp³-hybridized carbons (Fsp3) is 0.545. The van der Waals surface area contributed by atoms with E-state index in [9.17, 15) is 5.11 Å². The van der Waals surface area contributed by atoms with E-state index in [1.54, 1.807) is 10.9 Å². The predicted octanol–water partition coefficient (Wildman–Crippen LogP) is 0.546. The van der Waals surface area contributed by atoms with Crippen molar-refractivity contribution in [1.29, 1.82) is 0 Å². The van der Waals surface area contributed by atoms with Gasteiger partial charge in [-0.15, -0.1) is 0 Å². The van der Waals surface area contributed by atoms with Crippen molar-refractivity contribution in [3.8, 4) is 0 Å². The summed E-state index contributed by atoms with van der Waals surface area (Å²) in [5, 5.41) is 18.0. The minimum atomic E-state index is -0.281. The molecule has 0 radical (unpaired) electrons. The van der Waals surface area contributed by atoms with Crippen molar-refractivity contribution in [2.75, 3.05) is 11.9 Å². The lowest BCUT2D eigenvalue weighted by atomic mass is 10.2. The quantitative estimate of drug-likeness (QED) is 0.806. The molecule has 1 aliphatic rings. The van der Waals surface area contributed by atoms with Crippen LogP contribution in [0.15, 0.2) is 12.5 Å². The van der Waals surface area contributed by atoms with E-state index >= 15 is 0 Å². The molecule has 2 N–H and O–H groups in total. The maximum atomic E-state index is 9.80. The van der Waals surface area contributed by atoms with Crippen LogP contribution >= 0.6 is 0 Å². The minimum absolute atomic E-state index is 0.281. The van der Waals surface area contributed by atoms with Gasteiger partial charge in [0.1, 0.15) is 12.1 Å². The highest BCUT2D eigenvalue weighted by Crippen LogP contribution is 2.32. The molecule has 0 aromatic carbocycles. The normalized spacial score (nSPS) is 17.3. The van der Waals surface area contributed by atoms with E-state index in [1.165, 1.54) is 6.33 Å². The van der Waals surface area contributed by atoms with Gasteiger partial charge < -0.3 is 10.4 Å². The Balaban J connectivity index is 1.79. The summed E-state index contributed by atoms with van der Waals surface area (Å²) in [7, 11) is 1.85. The molecule has 17 heavy (non-hydrogen) atoms. The minimum Gasteiger partial charge on any atom is -0.391 e. The third kappa shape index (κ3) is 1.95. The number of aryl methyl sites for hydroxylation is 1. The Morgan fingerprint density at radius 2 is 2.35 bits per heavy atom. The molecule has 2 heterocycles. The zero-order valence-electron chi connectivity index (χ0n) is 9.67.